The van der Waals surface area contributed by atoms with Crippen molar-refractivity contribution in [2.75, 3.05) is 22.6 Å². The van der Waals surface area contributed by atoms with Crippen LogP contribution in [0, 0.1) is 0 Å². The number of aromatic nitrogens is 4. The molecule has 3 aliphatic heterocycles. The molecule has 2 bridgehead atoms. The highest BCUT2D eigenvalue weighted by atomic mass is 35.5. The standard InChI is InChI=1S/C21H23ClF2N6O2S/c22-12-7-25-17(26-8-12)11-4-13-6-14(5-11)30(13)19-27-16-15(33(32)10-21(16,23)24)18(28-19)29-20(9-31)2-1-3-20/h7-8,11,13-14,31H,1-6,9-10H2,(H,27,28,29). The van der Waals surface area contributed by atoms with Crippen LogP contribution < -0.4 is 10.2 Å². The molecule has 0 spiro atoms. The Labute approximate surface area is 196 Å². The van der Waals surface area contributed by atoms with Crippen LogP contribution in [0.1, 0.15) is 56.0 Å². The maximum atomic E-state index is 14.7. The topological polar surface area (TPSA) is 104 Å². The highest BCUT2D eigenvalue weighted by Gasteiger charge is 2.52. The fourth-order valence-electron chi connectivity index (χ4n) is 5.53. The van der Waals surface area contributed by atoms with E-state index >= 15 is 0 Å². The Hall–Kier alpha value is -1.98. The predicted octanol–water partition coefficient (Wildman–Crippen LogP) is 2.98. The molecule has 0 aromatic carbocycles. The molecule has 12 heteroatoms. The average molecular weight is 497 g/mol. The summed E-state index contributed by atoms with van der Waals surface area (Å²) >= 11 is 5.90. The minimum atomic E-state index is -3.28. The third-order valence-electron chi connectivity index (χ3n) is 7.42. The van der Waals surface area contributed by atoms with Crippen LogP contribution in [0.5, 0.6) is 0 Å². The molecule has 0 amide bonds. The third-order valence-corrected chi connectivity index (χ3v) is 9.08. The van der Waals surface area contributed by atoms with Crippen molar-refractivity contribution in [2.45, 2.75) is 72.9 Å². The van der Waals surface area contributed by atoms with Crippen molar-refractivity contribution in [1.29, 1.82) is 0 Å². The van der Waals surface area contributed by atoms with E-state index in [-0.39, 0.29) is 41.3 Å². The summed E-state index contributed by atoms with van der Waals surface area (Å²) in [7, 11) is -1.90. The lowest BCUT2D eigenvalue weighted by atomic mass is 9.73. The Morgan fingerprint density at radius 2 is 1.88 bits per heavy atom. The number of fused-ring (bicyclic) bond motifs is 3. The van der Waals surface area contributed by atoms with Gasteiger partial charge in [-0.25, -0.2) is 15.0 Å². The number of aliphatic hydroxyl groups is 1. The number of piperidine rings is 1. The van der Waals surface area contributed by atoms with E-state index < -0.39 is 33.7 Å². The molecule has 2 aliphatic carbocycles. The van der Waals surface area contributed by atoms with E-state index in [1.165, 1.54) is 0 Å². The Bertz CT molecular complexity index is 1110. The van der Waals surface area contributed by atoms with Crippen molar-refractivity contribution in [1.82, 2.24) is 19.9 Å². The summed E-state index contributed by atoms with van der Waals surface area (Å²) in [6, 6.07) is 0.185. The number of hydrogen-bond acceptors (Lipinski definition) is 8. The molecule has 4 fully saturated rings. The normalized spacial score (nSPS) is 30.8. The van der Waals surface area contributed by atoms with Crippen LogP contribution in [-0.4, -0.2) is 59.2 Å². The SMILES string of the molecule is O=S1CC(F)(F)c2nc(N3C4CC(c5ncc(Cl)cn5)CC3C4)nc(NC3(CO)CCC3)c21. The molecule has 7 rings (SSSR count). The summed E-state index contributed by atoms with van der Waals surface area (Å²) in [5, 5.41) is 13.5. The molecule has 176 valence electrons. The molecule has 5 aliphatic rings. The van der Waals surface area contributed by atoms with Gasteiger partial charge in [-0.05, 0) is 38.5 Å². The number of halogens is 3. The fourth-order valence-corrected chi connectivity index (χ4v) is 6.96. The van der Waals surface area contributed by atoms with E-state index in [4.69, 9.17) is 11.6 Å². The van der Waals surface area contributed by atoms with Crippen molar-refractivity contribution in [2.24, 2.45) is 0 Å². The summed E-state index contributed by atoms with van der Waals surface area (Å²) < 4.78 is 42.1. The smallest absolute Gasteiger partial charge is 0.302 e. The largest absolute Gasteiger partial charge is 0.394 e. The summed E-state index contributed by atoms with van der Waals surface area (Å²) in [6.07, 6.45) is 7.98. The molecule has 8 nitrogen and oxygen atoms in total. The van der Waals surface area contributed by atoms with Gasteiger partial charge >= 0.3 is 5.92 Å². The second-order valence-corrected chi connectivity index (χ2v) is 11.4. The van der Waals surface area contributed by atoms with Crippen molar-refractivity contribution in [3.05, 3.63) is 28.9 Å². The number of anilines is 2. The number of nitrogens with one attached hydrogen (secondary N) is 1. The predicted molar refractivity (Wildman–Crippen MR) is 118 cm³/mol. The van der Waals surface area contributed by atoms with Gasteiger partial charge in [-0.3, -0.25) is 4.21 Å². The van der Waals surface area contributed by atoms with E-state index in [1.54, 1.807) is 12.4 Å². The van der Waals surface area contributed by atoms with Crippen LogP contribution in [0.25, 0.3) is 0 Å². The van der Waals surface area contributed by atoms with E-state index in [9.17, 15) is 18.1 Å². The number of nitrogens with zero attached hydrogens (tertiary/aromatic N) is 5. The van der Waals surface area contributed by atoms with Gasteiger partial charge in [-0.1, -0.05) is 11.6 Å². The van der Waals surface area contributed by atoms with Crippen LogP contribution in [0.3, 0.4) is 0 Å². The molecule has 0 radical (unpaired) electrons. The van der Waals surface area contributed by atoms with E-state index in [1.807, 2.05) is 4.90 Å². The van der Waals surface area contributed by atoms with Gasteiger partial charge < -0.3 is 15.3 Å². The first-order valence-corrected chi connectivity index (χ1v) is 12.8. The first-order valence-electron chi connectivity index (χ1n) is 11.1. The molecule has 2 N–H and O–H groups in total. The molecule has 2 saturated heterocycles. The van der Waals surface area contributed by atoms with Gasteiger partial charge in [-0.15, -0.1) is 0 Å². The molecular formula is C21H23ClF2N6O2S. The monoisotopic (exact) mass is 496 g/mol. The lowest BCUT2D eigenvalue weighted by Crippen LogP contribution is -2.61. The molecule has 33 heavy (non-hydrogen) atoms. The highest BCUT2D eigenvalue weighted by Crippen LogP contribution is 2.49. The molecule has 2 saturated carbocycles. The Kier molecular flexibility index (Phi) is 4.90. The summed E-state index contributed by atoms with van der Waals surface area (Å²) in [5.74, 6) is -2.76. The maximum absolute atomic E-state index is 14.7. The quantitative estimate of drug-likeness (QED) is 0.651. The zero-order valence-corrected chi connectivity index (χ0v) is 19.2. The Morgan fingerprint density at radius 1 is 1.18 bits per heavy atom. The molecule has 5 heterocycles. The highest BCUT2D eigenvalue weighted by molar-refractivity contribution is 7.85. The molecule has 2 aromatic rings. The molecule has 2 aromatic heterocycles. The lowest BCUT2D eigenvalue weighted by molar-refractivity contribution is 0.0189. The second kappa shape index (κ2) is 7.51. The van der Waals surface area contributed by atoms with Crippen LogP contribution in [0.2, 0.25) is 5.02 Å². The molecule has 3 unspecified atom stereocenters. The van der Waals surface area contributed by atoms with Crippen molar-refractivity contribution in [3.8, 4) is 0 Å². The van der Waals surface area contributed by atoms with Crippen LogP contribution in [0.4, 0.5) is 20.5 Å². The lowest BCUT2D eigenvalue weighted by Gasteiger charge is -2.55. The molecular weight excluding hydrogens is 474 g/mol. The fraction of sp³-hybridized carbons (Fsp3) is 0.619. The zero-order chi connectivity index (χ0) is 23.0. The summed E-state index contributed by atoms with van der Waals surface area (Å²) in [6.45, 7) is -0.137. The van der Waals surface area contributed by atoms with Crippen molar-refractivity contribution in [3.63, 3.8) is 0 Å². The van der Waals surface area contributed by atoms with Gasteiger partial charge in [0.2, 0.25) is 5.95 Å². The van der Waals surface area contributed by atoms with Gasteiger partial charge in [-0.2, -0.15) is 13.8 Å². The third kappa shape index (κ3) is 3.42. The first-order chi connectivity index (χ1) is 15.8. The van der Waals surface area contributed by atoms with Crippen molar-refractivity contribution < 1.29 is 18.1 Å². The number of rotatable bonds is 5. The van der Waals surface area contributed by atoms with Gasteiger partial charge in [0.25, 0.3) is 0 Å². The number of alkyl halides is 2. The van der Waals surface area contributed by atoms with Gasteiger partial charge in [0, 0.05) is 30.4 Å². The minimum Gasteiger partial charge on any atom is -0.394 e. The van der Waals surface area contributed by atoms with E-state index in [0.717, 1.165) is 31.5 Å². The number of aliphatic hydroxyl groups excluding tert-OH is 1. The maximum Gasteiger partial charge on any atom is 0.302 e. The average Bonchev–Trinajstić information content (AvgIpc) is 2.99. The van der Waals surface area contributed by atoms with Crippen LogP contribution >= 0.6 is 11.6 Å². The van der Waals surface area contributed by atoms with E-state index in [2.05, 4.69) is 25.3 Å². The van der Waals surface area contributed by atoms with Crippen molar-refractivity contribution >= 4 is 34.2 Å². The van der Waals surface area contributed by atoms with Crippen LogP contribution in [-0.2, 0) is 16.7 Å². The van der Waals surface area contributed by atoms with Gasteiger partial charge in [0.05, 0.1) is 33.7 Å². The van der Waals surface area contributed by atoms with E-state index in [0.29, 0.717) is 17.9 Å². The van der Waals surface area contributed by atoms with Gasteiger partial charge in [0.15, 0.2) is 0 Å². The Balaban J connectivity index is 1.33. The molecule has 3 atom stereocenters. The Morgan fingerprint density at radius 3 is 2.48 bits per heavy atom. The summed E-state index contributed by atoms with van der Waals surface area (Å²) in [5.41, 5.74) is -1.06. The second-order valence-electron chi connectivity index (χ2n) is 9.54. The first kappa shape index (κ1) is 21.5. The number of hydrogen-bond donors (Lipinski definition) is 2. The minimum absolute atomic E-state index is 0.0263. The van der Waals surface area contributed by atoms with Crippen LogP contribution in [0.15, 0.2) is 17.3 Å². The van der Waals surface area contributed by atoms with Gasteiger partial charge in [0.1, 0.15) is 22.2 Å². The zero-order valence-electron chi connectivity index (χ0n) is 17.7. The summed E-state index contributed by atoms with van der Waals surface area (Å²) in [4.78, 5) is 19.5.